The Morgan fingerprint density at radius 2 is 1.54 bits per heavy atom. The van der Waals surface area contributed by atoms with E-state index in [-0.39, 0.29) is 12.6 Å². The highest BCUT2D eigenvalue weighted by Gasteiger charge is 2.12. The van der Waals surface area contributed by atoms with Crippen molar-refractivity contribution in [3.8, 4) is 0 Å². The third-order valence-corrected chi connectivity index (χ3v) is 4.43. The molecule has 0 saturated heterocycles. The van der Waals surface area contributed by atoms with Crippen LogP contribution in [0.25, 0.3) is 23.1 Å². The monoisotopic (exact) mass is 365 g/mol. The molecule has 0 atom stereocenters. The first-order valence-corrected chi connectivity index (χ1v) is 9.13. The van der Waals surface area contributed by atoms with Crippen LogP contribution in [0.2, 0.25) is 0 Å². The maximum Gasteiger partial charge on any atom is 0.339 e. The first kappa shape index (κ1) is 17.7. The number of ether oxygens (including phenoxy) is 1. The molecule has 0 fully saturated rings. The summed E-state index contributed by atoms with van der Waals surface area (Å²) in [5.74, 6) is -0.344. The fraction of sp³-hybridized carbons (Fsp3) is 0.0400. The van der Waals surface area contributed by atoms with Crippen molar-refractivity contribution in [3.63, 3.8) is 0 Å². The number of rotatable bonds is 5. The molecule has 0 aliphatic carbocycles. The Labute approximate surface area is 163 Å². The Hall–Kier alpha value is -3.72. The molecule has 0 bridgehead atoms. The van der Waals surface area contributed by atoms with Crippen LogP contribution in [0.3, 0.4) is 0 Å². The zero-order valence-electron chi connectivity index (χ0n) is 15.3. The number of esters is 1. The van der Waals surface area contributed by atoms with Gasteiger partial charge in [0.25, 0.3) is 0 Å². The molecule has 0 N–H and O–H groups in total. The van der Waals surface area contributed by atoms with Crippen LogP contribution >= 0.6 is 0 Å². The third-order valence-electron chi connectivity index (χ3n) is 4.43. The minimum Gasteiger partial charge on any atom is -0.457 e. The van der Waals surface area contributed by atoms with E-state index in [2.05, 4.69) is 4.98 Å². The van der Waals surface area contributed by atoms with Gasteiger partial charge in [-0.3, -0.25) is 0 Å². The van der Waals surface area contributed by atoms with Gasteiger partial charge in [0.05, 0.1) is 16.8 Å². The Morgan fingerprint density at radius 3 is 2.32 bits per heavy atom. The molecule has 0 unspecified atom stereocenters. The smallest absolute Gasteiger partial charge is 0.339 e. The van der Waals surface area contributed by atoms with E-state index in [1.165, 1.54) is 0 Å². The Kier molecular flexibility index (Phi) is 5.25. The first-order chi connectivity index (χ1) is 13.8. The van der Waals surface area contributed by atoms with Gasteiger partial charge in [-0.05, 0) is 41.5 Å². The number of nitrogens with zero attached hydrogens (tertiary/aromatic N) is 1. The summed E-state index contributed by atoms with van der Waals surface area (Å²) in [5.41, 5.74) is 4.21. The van der Waals surface area contributed by atoms with Crippen molar-refractivity contribution in [2.75, 3.05) is 0 Å². The molecular formula is C25H19NO2. The summed E-state index contributed by atoms with van der Waals surface area (Å²) < 4.78 is 5.48. The number of hydrogen-bond donors (Lipinski definition) is 0. The van der Waals surface area contributed by atoms with E-state index in [9.17, 15) is 4.79 Å². The molecule has 136 valence electrons. The van der Waals surface area contributed by atoms with Crippen LogP contribution in [-0.4, -0.2) is 11.0 Å². The highest BCUT2D eigenvalue weighted by molar-refractivity contribution is 6.03. The van der Waals surface area contributed by atoms with Gasteiger partial charge in [-0.2, -0.15) is 0 Å². The molecule has 0 spiro atoms. The summed E-state index contributed by atoms with van der Waals surface area (Å²) in [7, 11) is 0. The predicted molar refractivity (Wildman–Crippen MR) is 113 cm³/mol. The molecule has 4 rings (SSSR count). The molecule has 3 nitrogen and oxygen atoms in total. The fourth-order valence-corrected chi connectivity index (χ4v) is 2.99. The lowest BCUT2D eigenvalue weighted by molar-refractivity contribution is 0.0475. The van der Waals surface area contributed by atoms with E-state index in [1.807, 2.05) is 97.1 Å². The van der Waals surface area contributed by atoms with E-state index < -0.39 is 0 Å². The number of carbonyl (C=O) groups excluding carboxylic acids is 1. The van der Waals surface area contributed by atoms with E-state index >= 15 is 0 Å². The predicted octanol–water partition coefficient (Wildman–Crippen LogP) is 5.76. The van der Waals surface area contributed by atoms with E-state index in [4.69, 9.17) is 4.74 Å². The van der Waals surface area contributed by atoms with Gasteiger partial charge in [-0.15, -0.1) is 0 Å². The number of fused-ring (bicyclic) bond motifs is 1. The van der Waals surface area contributed by atoms with Crippen molar-refractivity contribution in [3.05, 3.63) is 113 Å². The Morgan fingerprint density at radius 1 is 0.786 bits per heavy atom. The maximum absolute atomic E-state index is 12.6. The average Bonchev–Trinajstić information content (AvgIpc) is 2.77. The fourth-order valence-electron chi connectivity index (χ4n) is 2.99. The van der Waals surface area contributed by atoms with Gasteiger partial charge in [-0.25, -0.2) is 9.78 Å². The Balaban J connectivity index is 1.55. The summed E-state index contributed by atoms with van der Waals surface area (Å²) in [5, 5.41) is 0.789. The molecule has 1 aromatic heterocycles. The van der Waals surface area contributed by atoms with Crippen LogP contribution < -0.4 is 0 Å². The average molecular weight is 365 g/mol. The number of carbonyl (C=O) groups is 1. The van der Waals surface area contributed by atoms with Gasteiger partial charge in [0.1, 0.15) is 6.61 Å². The largest absolute Gasteiger partial charge is 0.457 e. The summed E-state index contributed by atoms with van der Waals surface area (Å²) in [6.45, 7) is 0.251. The lowest BCUT2D eigenvalue weighted by Crippen LogP contribution is -2.06. The van der Waals surface area contributed by atoms with Crippen molar-refractivity contribution in [2.24, 2.45) is 0 Å². The molecule has 28 heavy (non-hydrogen) atoms. The lowest BCUT2D eigenvalue weighted by atomic mass is 10.1. The first-order valence-electron chi connectivity index (χ1n) is 9.13. The standard InChI is InChI=1S/C25H19NO2/c27-25(28-18-20-10-5-2-6-11-20)23-12-7-13-24-22(23)17-16-21(26-24)15-14-19-8-3-1-4-9-19/h1-17H,18H2. The molecule has 0 aliphatic heterocycles. The number of aromatic nitrogens is 1. The number of pyridine rings is 1. The van der Waals surface area contributed by atoms with Crippen molar-refractivity contribution in [2.45, 2.75) is 6.61 Å². The van der Waals surface area contributed by atoms with E-state index in [1.54, 1.807) is 6.07 Å². The highest BCUT2D eigenvalue weighted by atomic mass is 16.5. The number of benzene rings is 3. The molecule has 4 aromatic rings. The van der Waals surface area contributed by atoms with E-state index in [0.29, 0.717) is 5.56 Å². The second-order valence-corrected chi connectivity index (χ2v) is 6.41. The topological polar surface area (TPSA) is 39.2 Å². The molecule has 0 radical (unpaired) electrons. The van der Waals surface area contributed by atoms with Crippen LogP contribution in [-0.2, 0) is 11.3 Å². The minimum atomic E-state index is -0.344. The molecular weight excluding hydrogens is 346 g/mol. The van der Waals surface area contributed by atoms with Gasteiger partial charge in [0.15, 0.2) is 0 Å². The summed E-state index contributed by atoms with van der Waals surface area (Å²) in [6, 6.07) is 29.1. The molecule has 0 aliphatic rings. The highest BCUT2D eigenvalue weighted by Crippen LogP contribution is 2.20. The molecule has 3 aromatic carbocycles. The molecule has 0 saturated carbocycles. The Bertz CT molecular complexity index is 1120. The van der Waals surface area contributed by atoms with Gasteiger partial charge in [-0.1, -0.05) is 72.8 Å². The second kappa shape index (κ2) is 8.31. The van der Waals surface area contributed by atoms with Gasteiger partial charge < -0.3 is 4.74 Å². The normalized spacial score (nSPS) is 11.0. The van der Waals surface area contributed by atoms with Gasteiger partial charge >= 0.3 is 5.97 Å². The van der Waals surface area contributed by atoms with Crippen LogP contribution in [0.4, 0.5) is 0 Å². The summed E-state index contributed by atoms with van der Waals surface area (Å²) in [6.07, 6.45) is 3.99. The number of hydrogen-bond acceptors (Lipinski definition) is 3. The van der Waals surface area contributed by atoms with Crippen molar-refractivity contribution in [1.82, 2.24) is 4.98 Å². The SMILES string of the molecule is O=C(OCc1ccccc1)c1cccc2nc(C=Cc3ccccc3)ccc12. The lowest BCUT2D eigenvalue weighted by Gasteiger charge is -2.08. The van der Waals surface area contributed by atoms with E-state index in [0.717, 1.165) is 27.7 Å². The minimum absolute atomic E-state index is 0.251. The molecule has 0 amide bonds. The molecule has 3 heteroatoms. The van der Waals surface area contributed by atoms with Crippen LogP contribution in [0.15, 0.2) is 91.0 Å². The van der Waals surface area contributed by atoms with Crippen molar-refractivity contribution < 1.29 is 9.53 Å². The zero-order valence-corrected chi connectivity index (χ0v) is 15.3. The quantitative estimate of drug-likeness (QED) is 0.422. The summed E-state index contributed by atoms with van der Waals surface area (Å²) in [4.78, 5) is 17.2. The van der Waals surface area contributed by atoms with Crippen molar-refractivity contribution in [1.29, 1.82) is 0 Å². The molecule has 1 heterocycles. The van der Waals surface area contributed by atoms with Crippen molar-refractivity contribution >= 4 is 29.0 Å². The van der Waals surface area contributed by atoms with Crippen LogP contribution in [0.1, 0.15) is 27.2 Å². The third kappa shape index (κ3) is 4.15. The van der Waals surface area contributed by atoms with Crippen LogP contribution in [0, 0.1) is 0 Å². The zero-order chi connectivity index (χ0) is 19.2. The summed E-state index contributed by atoms with van der Waals surface area (Å²) >= 11 is 0. The second-order valence-electron chi connectivity index (χ2n) is 6.41. The van der Waals surface area contributed by atoms with Crippen LogP contribution in [0.5, 0.6) is 0 Å². The van der Waals surface area contributed by atoms with Gasteiger partial charge in [0, 0.05) is 5.39 Å². The van der Waals surface area contributed by atoms with Gasteiger partial charge in [0.2, 0.25) is 0 Å². The maximum atomic E-state index is 12.6.